The highest BCUT2D eigenvalue weighted by molar-refractivity contribution is 7.88. The average molecular weight is 1040 g/mol. The molecule has 18 nitrogen and oxygen atoms in total. The number of fused-ring (bicyclic) bond motifs is 1. The zero-order valence-corrected chi connectivity index (χ0v) is 40.6. The highest BCUT2D eigenvalue weighted by atomic mass is 35.5. The van der Waals surface area contributed by atoms with Gasteiger partial charge >= 0.3 is 29.8 Å². The number of aromatic carboxylic acids is 1. The highest BCUT2D eigenvalue weighted by Crippen LogP contribution is 2.46. The molecule has 0 spiro atoms. The molecule has 8 rings (SSSR count). The van der Waals surface area contributed by atoms with Crippen LogP contribution in [0.5, 0.6) is 5.75 Å². The molecule has 3 fully saturated rings. The van der Waals surface area contributed by atoms with Crippen molar-refractivity contribution < 1.29 is 60.5 Å². The number of imide groups is 1. The normalized spacial score (nSPS) is 19.1. The fraction of sp³-hybridized carbons (Fsp3) is 0.404. The number of halogens is 4. The van der Waals surface area contributed by atoms with Crippen molar-refractivity contribution in [2.24, 2.45) is 0 Å². The van der Waals surface area contributed by atoms with Crippen LogP contribution in [0.2, 0.25) is 5.02 Å². The first kappa shape index (κ1) is 50.9. The lowest BCUT2D eigenvalue weighted by Gasteiger charge is -2.45. The molecule has 4 amide bonds. The number of nitrogens with zero attached hydrogens (tertiary/aromatic N) is 4. The van der Waals surface area contributed by atoms with Crippen LogP contribution in [-0.2, 0) is 36.7 Å². The second-order valence-electron chi connectivity index (χ2n) is 18.4. The van der Waals surface area contributed by atoms with Crippen molar-refractivity contribution in [2.75, 3.05) is 36.9 Å². The zero-order valence-electron chi connectivity index (χ0n) is 38.3. The number of nitrogens with one attached hydrogen (secondary N) is 3. The lowest BCUT2D eigenvalue weighted by Crippen LogP contribution is -2.55. The number of ether oxygens (including phenoxy) is 1. The molecule has 378 valence electrons. The number of alkyl halides is 3. The molecule has 5 aromatic rings. The molecule has 24 heteroatoms. The van der Waals surface area contributed by atoms with Gasteiger partial charge < -0.3 is 30.5 Å². The largest absolute Gasteiger partial charge is 0.479 e. The maximum absolute atomic E-state index is 14.0. The lowest BCUT2D eigenvalue weighted by molar-refractivity contribution is -0.141. The van der Waals surface area contributed by atoms with E-state index >= 15 is 0 Å². The van der Waals surface area contributed by atoms with Gasteiger partial charge in [0.15, 0.2) is 17.2 Å². The molecule has 5 heterocycles. The number of likely N-dealkylation sites (tertiary alicyclic amines) is 1. The van der Waals surface area contributed by atoms with Crippen molar-refractivity contribution in [1.29, 1.82) is 0 Å². The molecule has 3 aromatic carbocycles. The van der Waals surface area contributed by atoms with Crippen LogP contribution in [0.15, 0.2) is 71.5 Å². The first-order chi connectivity index (χ1) is 33.5. The summed E-state index contributed by atoms with van der Waals surface area (Å²) < 4.78 is 77.6. The summed E-state index contributed by atoms with van der Waals surface area (Å²) in [4.78, 5) is 76.1. The lowest BCUT2D eigenvalue weighted by atomic mass is 9.89. The van der Waals surface area contributed by atoms with Gasteiger partial charge in [-0.25, -0.2) is 27.6 Å². The Kier molecular flexibility index (Phi) is 14.3. The van der Waals surface area contributed by atoms with E-state index in [1.807, 2.05) is 19.9 Å². The summed E-state index contributed by atoms with van der Waals surface area (Å²) in [6.07, 6.45) is -3.03. The number of hydrogen-bond acceptors (Lipinski definition) is 11. The maximum Gasteiger partial charge on any atom is 0.406 e. The Morgan fingerprint density at radius 3 is 2.32 bits per heavy atom. The second kappa shape index (κ2) is 20.0. The molecule has 3 aliphatic heterocycles. The molecule has 0 radical (unpaired) electrons. The summed E-state index contributed by atoms with van der Waals surface area (Å²) in [7, 11) is -3.88. The van der Waals surface area contributed by atoms with Gasteiger partial charge in [0.25, 0.3) is 0 Å². The third kappa shape index (κ3) is 11.2. The monoisotopic (exact) mass is 1040 g/mol. The molecular weight excluding hydrogens is 995 g/mol. The molecule has 2 atom stereocenters. The van der Waals surface area contributed by atoms with E-state index in [2.05, 4.69) is 16.0 Å². The Labute approximate surface area is 413 Å². The zero-order chi connectivity index (χ0) is 51.2. The minimum Gasteiger partial charge on any atom is -0.479 e. The van der Waals surface area contributed by atoms with E-state index in [-0.39, 0.29) is 63.8 Å². The van der Waals surface area contributed by atoms with Crippen molar-refractivity contribution in [3.8, 4) is 16.2 Å². The number of aliphatic carboxylic acids is 1. The smallest absolute Gasteiger partial charge is 0.406 e. The van der Waals surface area contributed by atoms with Crippen LogP contribution in [-0.4, -0.2) is 111 Å². The van der Waals surface area contributed by atoms with E-state index in [0.29, 0.717) is 76.3 Å². The molecular formula is C47H49ClF3N7O11S2. The predicted octanol–water partition coefficient (Wildman–Crippen LogP) is 7.48. The van der Waals surface area contributed by atoms with Gasteiger partial charge in [-0.1, -0.05) is 41.9 Å². The minimum absolute atomic E-state index is 0.00601. The number of thiophene rings is 1. The summed E-state index contributed by atoms with van der Waals surface area (Å²) >= 11 is 7.37. The van der Waals surface area contributed by atoms with Gasteiger partial charge in [0, 0.05) is 49.0 Å². The molecule has 0 aliphatic carbocycles. The highest BCUT2D eigenvalue weighted by Gasteiger charge is 2.42. The number of benzene rings is 3. The molecule has 2 aromatic heterocycles. The number of rotatable bonds is 14. The summed E-state index contributed by atoms with van der Waals surface area (Å²) in [5, 5.41) is 27.2. The van der Waals surface area contributed by atoms with Crippen LogP contribution < -0.4 is 26.4 Å². The number of amides is 4. The van der Waals surface area contributed by atoms with Crippen molar-refractivity contribution in [3.05, 3.63) is 98.2 Å². The van der Waals surface area contributed by atoms with Crippen LogP contribution in [0.4, 0.5) is 29.3 Å². The minimum atomic E-state index is -4.74. The number of imidazole rings is 1. The predicted molar refractivity (Wildman–Crippen MR) is 258 cm³/mol. The number of piperidine rings is 3. The van der Waals surface area contributed by atoms with Gasteiger partial charge in [-0.3, -0.25) is 24.0 Å². The second-order valence-corrected chi connectivity index (χ2v) is 21.7. The van der Waals surface area contributed by atoms with E-state index in [1.165, 1.54) is 16.4 Å². The first-order valence-corrected chi connectivity index (χ1v) is 25.4. The Hall–Kier alpha value is -6.43. The number of hydrogen-bond donors (Lipinski definition) is 5. The van der Waals surface area contributed by atoms with Crippen LogP contribution in [0.3, 0.4) is 0 Å². The number of carbonyl (C=O) groups is 5. The first-order valence-electron chi connectivity index (χ1n) is 22.6. The SMILES string of the molecule is CC1(C)C[C@@H](Nc2cccc(-c3sc(C(=O)O)c(OCC(=O)O)c3Cl)c2)CCN1S(=O)(=O)Cc1cccc(NC(=O)N2CCC(c3ccc4c(c3)n(CC(F)(F)F)c(=O)n4C3CCC(=O)NC3=O)CC2)c1. The van der Waals surface area contributed by atoms with E-state index in [4.69, 9.17) is 21.4 Å². The Bertz CT molecular complexity index is 3110. The Morgan fingerprint density at radius 2 is 1.65 bits per heavy atom. The van der Waals surface area contributed by atoms with Gasteiger partial charge in [-0.2, -0.15) is 17.5 Å². The summed E-state index contributed by atoms with van der Waals surface area (Å²) in [5.41, 5.74) is 1.07. The summed E-state index contributed by atoms with van der Waals surface area (Å²) in [5.74, 6) is -4.63. The molecule has 71 heavy (non-hydrogen) atoms. The van der Waals surface area contributed by atoms with E-state index in [1.54, 1.807) is 53.4 Å². The average Bonchev–Trinajstić information content (AvgIpc) is 3.76. The fourth-order valence-corrected chi connectivity index (χ4v) is 13.1. The number of carboxylic acid groups (broad SMARTS) is 2. The van der Waals surface area contributed by atoms with Gasteiger partial charge in [-0.05, 0) is 105 Å². The van der Waals surface area contributed by atoms with E-state index < -0.39 is 76.4 Å². The van der Waals surface area contributed by atoms with Gasteiger partial charge in [-0.15, -0.1) is 11.3 Å². The van der Waals surface area contributed by atoms with Gasteiger partial charge in [0.05, 0.1) is 21.7 Å². The van der Waals surface area contributed by atoms with Crippen LogP contribution in [0, 0.1) is 0 Å². The number of carboxylic acids is 2. The third-order valence-corrected chi connectivity index (χ3v) is 16.6. The van der Waals surface area contributed by atoms with Gasteiger partial charge in [0.2, 0.25) is 21.8 Å². The number of anilines is 2. The number of urea groups is 1. The molecule has 3 saturated heterocycles. The quantitative estimate of drug-likeness (QED) is 0.0681. The molecule has 0 saturated carbocycles. The molecule has 0 bridgehead atoms. The van der Waals surface area contributed by atoms with E-state index in [0.717, 1.165) is 15.9 Å². The standard InChI is InChI=1S/C47H49ClF3N7O11S2/c1-46(2)22-32(52-31-8-4-6-29(20-31)40-38(48)39(69-23-37(60)61)41(70-40)43(63)64)15-18-57(46)71(67,68)24-26-5-3-7-30(19-26)53-44(65)55-16-13-27(14-17-55)28-9-10-33-35(21-28)56(25-47(49,50)51)45(66)58(33)34-11-12-36(59)54-42(34)62/h3-10,19-21,27,32,34,52H,11-18,22-25H2,1-2H3,(H,53,65)(H,60,61)(H,63,64)(H,54,59,62)/t32-,34?/m0/s1. The van der Waals surface area contributed by atoms with Crippen LogP contribution in [0.1, 0.15) is 85.1 Å². The van der Waals surface area contributed by atoms with Crippen molar-refractivity contribution >= 4 is 85.2 Å². The topological polar surface area (TPSA) is 239 Å². The van der Waals surface area contributed by atoms with Crippen LogP contribution in [0.25, 0.3) is 21.5 Å². The van der Waals surface area contributed by atoms with Gasteiger partial charge in [0.1, 0.15) is 17.6 Å². The third-order valence-electron chi connectivity index (χ3n) is 12.9. The summed E-state index contributed by atoms with van der Waals surface area (Å²) in [6, 6.07) is 16.7. The Balaban J connectivity index is 0.875. The Morgan fingerprint density at radius 1 is 0.930 bits per heavy atom. The van der Waals surface area contributed by atoms with Crippen LogP contribution >= 0.6 is 22.9 Å². The van der Waals surface area contributed by atoms with Crippen molar-refractivity contribution in [3.63, 3.8) is 0 Å². The fourth-order valence-electron chi connectivity index (χ4n) is 9.75. The molecule has 5 N–H and O–H groups in total. The molecule has 3 aliphatic rings. The summed E-state index contributed by atoms with van der Waals surface area (Å²) in [6.45, 7) is 2.14. The van der Waals surface area contributed by atoms with Crippen molar-refractivity contribution in [2.45, 2.75) is 94.4 Å². The number of carbonyl (C=O) groups excluding carboxylic acids is 3. The van der Waals surface area contributed by atoms with E-state index in [9.17, 15) is 55.5 Å². The maximum atomic E-state index is 14.0. The van der Waals surface area contributed by atoms with Crippen molar-refractivity contribution in [1.82, 2.24) is 23.7 Å². The molecule has 1 unspecified atom stereocenters. The number of aromatic nitrogens is 2. The number of sulfonamides is 1.